The monoisotopic (exact) mass is 244 g/mol. The Morgan fingerprint density at radius 1 is 1.44 bits per heavy atom. The van der Waals surface area contributed by atoms with E-state index in [-0.39, 0.29) is 5.95 Å². The van der Waals surface area contributed by atoms with Crippen molar-refractivity contribution in [3.05, 3.63) is 42.5 Å². The van der Waals surface area contributed by atoms with Gasteiger partial charge in [-0.05, 0) is 22.6 Å². The maximum atomic E-state index is 5.49. The van der Waals surface area contributed by atoms with Gasteiger partial charge >= 0.3 is 0 Å². The number of hydrogen-bond donors (Lipinski definition) is 1. The van der Waals surface area contributed by atoms with E-state index in [1.165, 1.54) is 0 Å². The second-order valence-electron chi connectivity index (χ2n) is 3.31. The topological polar surface area (TPSA) is 91.2 Å². The molecule has 0 bridgehead atoms. The van der Waals surface area contributed by atoms with Crippen LogP contribution in [0.15, 0.2) is 42.0 Å². The predicted molar refractivity (Wildman–Crippen MR) is 67.4 cm³/mol. The third-order valence-corrected chi connectivity index (χ3v) is 2.06. The Morgan fingerprint density at radius 2 is 2.28 bits per heavy atom. The molecule has 1 aromatic heterocycles. The van der Waals surface area contributed by atoms with Crippen LogP contribution in [0.4, 0.5) is 5.95 Å². The fourth-order valence-corrected chi connectivity index (χ4v) is 1.26. The van der Waals surface area contributed by atoms with Gasteiger partial charge in [-0.3, -0.25) is 0 Å². The van der Waals surface area contributed by atoms with E-state index in [1.807, 2.05) is 24.3 Å². The molecule has 0 aliphatic rings. The molecule has 0 fully saturated rings. The normalized spacial score (nSPS) is 10.7. The van der Waals surface area contributed by atoms with Gasteiger partial charge in [0.15, 0.2) is 0 Å². The molecule has 1 heterocycles. The average Bonchev–Trinajstić information content (AvgIpc) is 2.80. The molecule has 0 saturated carbocycles. The van der Waals surface area contributed by atoms with Crippen molar-refractivity contribution < 1.29 is 4.74 Å². The van der Waals surface area contributed by atoms with Crippen LogP contribution in [0.25, 0.3) is 0 Å². The highest BCUT2D eigenvalue weighted by molar-refractivity contribution is 5.83. The molecule has 18 heavy (non-hydrogen) atoms. The van der Waals surface area contributed by atoms with Gasteiger partial charge in [0.05, 0.1) is 6.21 Å². The van der Waals surface area contributed by atoms with Crippen LogP contribution < -0.4 is 10.5 Å². The van der Waals surface area contributed by atoms with E-state index in [9.17, 15) is 0 Å². The standard InChI is InChI=1S/C11H12N6O/c1-2-7-18-10-6-4-3-5-9(10)8-13-17-11(12)14-15-16-17/h2-6,8H,1,7H2,(H2,12,14,16). The van der Waals surface area contributed by atoms with Crippen molar-refractivity contribution in [2.24, 2.45) is 5.10 Å². The van der Waals surface area contributed by atoms with E-state index in [0.29, 0.717) is 12.4 Å². The van der Waals surface area contributed by atoms with Crippen LogP contribution in [0, 0.1) is 0 Å². The molecule has 0 saturated heterocycles. The van der Waals surface area contributed by atoms with E-state index >= 15 is 0 Å². The molecule has 1 aromatic carbocycles. The fourth-order valence-electron chi connectivity index (χ4n) is 1.26. The van der Waals surface area contributed by atoms with Gasteiger partial charge in [-0.15, -0.1) is 0 Å². The zero-order chi connectivity index (χ0) is 12.8. The third kappa shape index (κ3) is 2.70. The maximum Gasteiger partial charge on any atom is 0.263 e. The molecule has 2 aromatic rings. The van der Waals surface area contributed by atoms with Crippen LogP contribution >= 0.6 is 0 Å². The minimum atomic E-state index is 0.121. The van der Waals surface area contributed by atoms with Crippen molar-refractivity contribution in [3.63, 3.8) is 0 Å². The lowest BCUT2D eigenvalue weighted by molar-refractivity contribution is 0.362. The summed E-state index contributed by atoms with van der Waals surface area (Å²) in [5.74, 6) is 0.823. The summed E-state index contributed by atoms with van der Waals surface area (Å²) < 4.78 is 5.48. The van der Waals surface area contributed by atoms with Crippen molar-refractivity contribution >= 4 is 12.2 Å². The molecule has 0 unspecified atom stereocenters. The molecule has 0 radical (unpaired) electrons. The number of nitrogen functional groups attached to an aromatic ring is 1. The summed E-state index contributed by atoms with van der Waals surface area (Å²) in [5.41, 5.74) is 6.29. The summed E-state index contributed by atoms with van der Waals surface area (Å²) in [7, 11) is 0. The lowest BCUT2D eigenvalue weighted by Crippen LogP contribution is -2.01. The molecule has 0 amide bonds. The zero-order valence-corrected chi connectivity index (χ0v) is 9.60. The Morgan fingerprint density at radius 3 is 3.00 bits per heavy atom. The van der Waals surface area contributed by atoms with Gasteiger partial charge in [0.1, 0.15) is 12.4 Å². The Hall–Kier alpha value is -2.70. The van der Waals surface area contributed by atoms with Crippen molar-refractivity contribution in [2.45, 2.75) is 0 Å². The molecule has 0 atom stereocenters. The third-order valence-electron chi connectivity index (χ3n) is 2.06. The van der Waals surface area contributed by atoms with E-state index < -0.39 is 0 Å². The highest BCUT2D eigenvalue weighted by Gasteiger charge is 2.01. The molecular weight excluding hydrogens is 232 g/mol. The zero-order valence-electron chi connectivity index (χ0n) is 9.60. The number of para-hydroxylation sites is 1. The Bertz CT molecular complexity index is 562. The van der Waals surface area contributed by atoms with Crippen LogP contribution in [0.1, 0.15) is 5.56 Å². The molecule has 2 N–H and O–H groups in total. The van der Waals surface area contributed by atoms with Gasteiger partial charge in [-0.2, -0.15) is 5.10 Å². The Balaban J connectivity index is 2.20. The van der Waals surface area contributed by atoms with Crippen LogP contribution in [-0.4, -0.2) is 33.1 Å². The van der Waals surface area contributed by atoms with Crippen molar-refractivity contribution in [1.29, 1.82) is 0 Å². The summed E-state index contributed by atoms with van der Waals surface area (Å²) in [5, 5.41) is 14.5. The first-order chi connectivity index (χ1) is 8.81. The molecule has 0 aliphatic carbocycles. The second-order valence-corrected chi connectivity index (χ2v) is 3.31. The van der Waals surface area contributed by atoms with E-state index in [4.69, 9.17) is 10.5 Å². The van der Waals surface area contributed by atoms with Gasteiger partial charge in [0.2, 0.25) is 0 Å². The smallest absolute Gasteiger partial charge is 0.263 e. The first-order valence-corrected chi connectivity index (χ1v) is 5.22. The van der Waals surface area contributed by atoms with Crippen LogP contribution in [-0.2, 0) is 0 Å². The SMILES string of the molecule is C=CCOc1ccccc1C=Nn1nnnc1N. The molecule has 7 heteroatoms. The lowest BCUT2D eigenvalue weighted by atomic mass is 10.2. The maximum absolute atomic E-state index is 5.49. The highest BCUT2D eigenvalue weighted by Crippen LogP contribution is 2.15. The van der Waals surface area contributed by atoms with Gasteiger partial charge in [0, 0.05) is 5.56 Å². The fraction of sp³-hybridized carbons (Fsp3) is 0.0909. The number of nitrogens with zero attached hydrogens (tertiary/aromatic N) is 5. The molecule has 7 nitrogen and oxygen atoms in total. The lowest BCUT2D eigenvalue weighted by Gasteiger charge is -2.05. The number of nitrogens with two attached hydrogens (primary N) is 1. The Kier molecular flexibility index (Phi) is 3.65. The number of hydrogen-bond acceptors (Lipinski definition) is 6. The van der Waals surface area contributed by atoms with Crippen molar-refractivity contribution in [2.75, 3.05) is 12.3 Å². The van der Waals surface area contributed by atoms with Crippen LogP contribution in [0.2, 0.25) is 0 Å². The first kappa shape index (κ1) is 11.8. The summed E-state index contributed by atoms with van der Waals surface area (Å²) in [6, 6.07) is 7.46. The summed E-state index contributed by atoms with van der Waals surface area (Å²) >= 11 is 0. The largest absolute Gasteiger partial charge is 0.489 e. The van der Waals surface area contributed by atoms with Gasteiger partial charge in [0.25, 0.3) is 5.95 Å². The molecule has 0 aliphatic heterocycles. The number of ether oxygens (including phenoxy) is 1. The summed E-state index contributed by atoms with van der Waals surface area (Å²) in [4.78, 5) is 1.13. The van der Waals surface area contributed by atoms with E-state index in [1.54, 1.807) is 12.3 Å². The minimum Gasteiger partial charge on any atom is -0.489 e. The van der Waals surface area contributed by atoms with E-state index in [0.717, 1.165) is 10.4 Å². The van der Waals surface area contributed by atoms with Gasteiger partial charge in [-0.25, -0.2) is 0 Å². The number of benzene rings is 1. The van der Waals surface area contributed by atoms with E-state index in [2.05, 4.69) is 27.2 Å². The molecule has 0 spiro atoms. The number of aromatic nitrogens is 4. The summed E-state index contributed by atoms with van der Waals surface area (Å²) in [6.45, 7) is 4.03. The van der Waals surface area contributed by atoms with Crippen LogP contribution in [0.3, 0.4) is 0 Å². The highest BCUT2D eigenvalue weighted by atomic mass is 16.5. The number of anilines is 1. The molecular formula is C11H12N6O. The van der Waals surface area contributed by atoms with Gasteiger partial charge in [-0.1, -0.05) is 34.7 Å². The van der Waals surface area contributed by atoms with Crippen molar-refractivity contribution in [1.82, 2.24) is 20.3 Å². The number of rotatable bonds is 5. The van der Waals surface area contributed by atoms with Crippen molar-refractivity contribution in [3.8, 4) is 5.75 Å². The van der Waals surface area contributed by atoms with Gasteiger partial charge < -0.3 is 10.5 Å². The Labute approximate surface area is 104 Å². The summed E-state index contributed by atoms with van der Waals surface area (Å²) in [6.07, 6.45) is 3.25. The average molecular weight is 244 g/mol. The van der Waals surface area contributed by atoms with Crippen LogP contribution in [0.5, 0.6) is 5.75 Å². The molecule has 2 rings (SSSR count). The predicted octanol–water partition coefficient (Wildman–Crippen LogP) is 0.702. The minimum absolute atomic E-state index is 0.121. The quantitative estimate of drug-likeness (QED) is 0.617. The number of tetrazole rings is 1. The molecule has 92 valence electrons. The first-order valence-electron chi connectivity index (χ1n) is 5.22. The second kappa shape index (κ2) is 5.58.